The van der Waals surface area contributed by atoms with Gasteiger partial charge in [-0.3, -0.25) is 0 Å². The molecule has 0 bridgehead atoms. The Morgan fingerprint density at radius 2 is 2.25 bits per heavy atom. The maximum atomic E-state index is 11.2. The highest BCUT2D eigenvalue weighted by Crippen LogP contribution is 2.17. The van der Waals surface area contributed by atoms with E-state index >= 15 is 0 Å². The normalized spacial score (nSPS) is 19.6. The number of carbonyl (C=O) groups excluding carboxylic acids is 1. The van der Waals surface area contributed by atoms with Crippen LogP contribution >= 0.6 is 0 Å². The molecule has 0 saturated heterocycles. The van der Waals surface area contributed by atoms with Crippen LogP contribution in [0.2, 0.25) is 0 Å². The summed E-state index contributed by atoms with van der Waals surface area (Å²) in [4.78, 5) is 13.4. The molecule has 0 amide bonds. The smallest absolute Gasteiger partial charge is 0.333 e. The third-order valence-electron chi connectivity index (χ3n) is 2.20. The Hall–Kier alpha value is -0.830. The Bertz CT molecular complexity index is 221. The minimum atomic E-state index is -0.166. The van der Waals surface area contributed by atoms with E-state index in [0.29, 0.717) is 0 Å². The van der Waals surface area contributed by atoms with Gasteiger partial charge in [-0.2, -0.15) is 0 Å². The van der Waals surface area contributed by atoms with Crippen molar-refractivity contribution in [3.05, 3.63) is 11.1 Å². The molecule has 1 rings (SSSR count). The zero-order valence-electron chi connectivity index (χ0n) is 7.89. The number of nitrogens with zero attached hydrogens (tertiary/aromatic N) is 1. The van der Waals surface area contributed by atoms with Gasteiger partial charge in [-0.15, -0.1) is 0 Å². The lowest BCUT2D eigenvalue weighted by molar-refractivity contribution is -0.136. The van der Waals surface area contributed by atoms with Crippen molar-refractivity contribution < 1.29 is 9.53 Å². The minimum absolute atomic E-state index is 0.166. The van der Waals surface area contributed by atoms with Crippen molar-refractivity contribution >= 4 is 5.97 Å². The molecule has 0 fully saturated rings. The molecule has 0 atom stereocenters. The standard InChI is InChI=1S/C9H15NO2/c1-7-6-10(2)5-4-8(7)9(11)12-3/h4-6H2,1-3H3. The van der Waals surface area contributed by atoms with Gasteiger partial charge in [-0.25, -0.2) is 4.79 Å². The predicted octanol–water partition coefficient (Wildman–Crippen LogP) is 0.811. The van der Waals surface area contributed by atoms with Crippen molar-refractivity contribution in [3.63, 3.8) is 0 Å². The number of ether oxygens (including phenoxy) is 1. The first-order valence-electron chi connectivity index (χ1n) is 4.10. The molecule has 0 N–H and O–H groups in total. The molecule has 1 aliphatic heterocycles. The Kier molecular flexibility index (Phi) is 2.87. The van der Waals surface area contributed by atoms with Crippen LogP contribution in [0.5, 0.6) is 0 Å². The van der Waals surface area contributed by atoms with E-state index < -0.39 is 0 Å². The summed E-state index contributed by atoms with van der Waals surface area (Å²) in [5.41, 5.74) is 1.99. The molecule has 0 spiro atoms. The fourth-order valence-corrected chi connectivity index (χ4v) is 1.49. The molecule has 0 saturated carbocycles. The first-order chi connectivity index (χ1) is 5.65. The molecule has 1 aliphatic rings. The fourth-order valence-electron chi connectivity index (χ4n) is 1.49. The number of hydrogen-bond donors (Lipinski definition) is 0. The molecular weight excluding hydrogens is 154 g/mol. The molecular formula is C9H15NO2. The monoisotopic (exact) mass is 169 g/mol. The van der Waals surface area contributed by atoms with Crippen LogP contribution in [0.4, 0.5) is 0 Å². The van der Waals surface area contributed by atoms with E-state index in [0.717, 1.165) is 30.7 Å². The summed E-state index contributed by atoms with van der Waals surface area (Å²) in [6.45, 7) is 3.81. The summed E-state index contributed by atoms with van der Waals surface area (Å²) in [5.74, 6) is -0.166. The molecule has 1 heterocycles. The summed E-state index contributed by atoms with van der Waals surface area (Å²) < 4.78 is 4.68. The van der Waals surface area contributed by atoms with Crippen LogP contribution in [-0.4, -0.2) is 38.1 Å². The number of likely N-dealkylation sites (N-methyl/N-ethyl adjacent to an activating group) is 1. The summed E-state index contributed by atoms with van der Waals surface area (Å²) in [5, 5.41) is 0. The lowest BCUT2D eigenvalue weighted by Gasteiger charge is -2.24. The molecule has 68 valence electrons. The van der Waals surface area contributed by atoms with Gasteiger partial charge < -0.3 is 9.64 Å². The molecule has 0 unspecified atom stereocenters. The Morgan fingerprint density at radius 3 is 2.75 bits per heavy atom. The van der Waals surface area contributed by atoms with Crippen LogP contribution in [-0.2, 0) is 9.53 Å². The third kappa shape index (κ3) is 1.85. The highest BCUT2D eigenvalue weighted by molar-refractivity contribution is 5.89. The van der Waals surface area contributed by atoms with Gasteiger partial charge in [0.05, 0.1) is 7.11 Å². The van der Waals surface area contributed by atoms with E-state index in [2.05, 4.69) is 16.7 Å². The van der Waals surface area contributed by atoms with E-state index in [1.807, 2.05) is 6.92 Å². The largest absolute Gasteiger partial charge is 0.466 e. The quantitative estimate of drug-likeness (QED) is 0.544. The fraction of sp³-hybridized carbons (Fsp3) is 0.667. The average Bonchev–Trinajstić information content (AvgIpc) is 2.03. The molecule has 0 aromatic rings. The van der Waals surface area contributed by atoms with Crippen LogP contribution < -0.4 is 0 Å². The Labute approximate surface area is 73.0 Å². The topological polar surface area (TPSA) is 29.5 Å². The zero-order chi connectivity index (χ0) is 9.14. The van der Waals surface area contributed by atoms with Crippen molar-refractivity contribution in [2.75, 3.05) is 27.2 Å². The van der Waals surface area contributed by atoms with Crippen LogP contribution in [0.15, 0.2) is 11.1 Å². The number of methoxy groups -OCH3 is 1. The van der Waals surface area contributed by atoms with Crippen molar-refractivity contribution in [3.8, 4) is 0 Å². The first-order valence-corrected chi connectivity index (χ1v) is 4.10. The molecule has 12 heavy (non-hydrogen) atoms. The van der Waals surface area contributed by atoms with E-state index in [-0.39, 0.29) is 5.97 Å². The second kappa shape index (κ2) is 3.72. The van der Waals surface area contributed by atoms with Crippen LogP contribution in [0.25, 0.3) is 0 Å². The average molecular weight is 169 g/mol. The molecule has 0 aliphatic carbocycles. The second-order valence-electron chi connectivity index (χ2n) is 3.24. The summed E-state index contributed by atoms with van der Waals surface area (Å²) in [6, 6.07) is 0. The second-order valence-corrected chi connectivity index (χ2v) is 3.24. The van der Waals surface area contributed by atoms with Crippen LogP contribution in [0.1, 0.15) is 13.3 Å². The van der Waals surface area contributed by atoms with Gasteiger partial charge in [0, 0.05) is 18.7 Å². The molecule has 3 heteroatoms. The number of carbonyl (C=O) groups is 1. The van der Waals surface area contributed by atoms with Gasteiger partial charge in [0.2, 0.25) is 0 Å². The Balaban J connectivity index is 2.75. The highest BCUT2D eigenvalue weighted by Gasteiger charge is 2.18. The third-order valence-corrected chi connectivity index (χ3v) is 2.20. The molecule has 3 nitrogen and oxygen atoms in total. The van der Waals surface area contributed by atoms with Crippen LogP contribution in [0.3, 0.4) is 0 Å². The predicted molar refractivity (Wildman–Crippen MR) is 46.8 cm³/mol. The van der Waals surface area contributed by atoms with Gasteiger partial charge in [0.1, 0.15) is 0 Å². The summed E-state index contributed by atoms with van der Waals surface area (Å²) in [7, 11) is 3.48. The lowest BCUT2D eigenvalue weighted by atomic mass is 10.0. The van der Waals surface area contributed by atoms with Gasteiger partial charge in [-0.05, 0) is 26.0 Å². The van der Waals surface area contributed by atoms with Gasteiger partial charge >= 0.3 is 5.97 Å². The molecule has 0 radical (unpaired) electrons. The maximum Gasteiger partial charge on any atom is 0.333 e. The van der Waals surface area contributed by atoms with Gasteiger partial charge in [0.15, 0.2) is 0 Å². The number of rotatable bonds is 1. The van der Waals surface area contributed by atoms with Crippen molar-refractivity contribution in [1.82, 2.24) is 4.90 Å². The highest BCUT2D eigenvalue weighted by atomic mass is 16.5. The Morgan fingerprint density at radius 1 is 1.58 bits per heavy atom. The van der Waals surface area contributed by atoms with Crippen LogP contribution in [0, 0.1) is 0 Å². The molecule has 0 aromatic carbocycles. The molecule has 0 aromatic heterocycles. The summed E-state index contributed by atoms with van der Waals surface area (Å²) >= 11 is 0. The van der Waals surface area contributed by atoms with Crippen molar-refractivity contribution in [1.29, 1.82) is 0 Å². The van der Waals surface area contributed by atoms with Gasteiger partial charge in [-0.1, -0.05) is 0 Å². The van der Waals surface area contributed by atoms with Gasteiger partial charge in [0.25, 0.3) is 0 Å². The van der Waals surface area contributed by atoms with Crippen molar-refractivity contribution in [2.24, 2.45) is 0 Å². The van der Waals surface area contributed by atoms with E-state index in [1.165, 1.54) is 7.11 Å². The van der Waals surface area contributed by atoms with E-state index in [9.17, 15) is 4.79 Å². The maximum absolute atomic E-state index is 11.2. The van der Waals surface area contributed by atoms with E-state index in [1.54, 1.807) is 0 Å². The number of esters is 1. The lowest BCUT2D eigenvalue weighted by Crippen LogP contribution is -2.29. The minimum Gasteiger partial charge on any atom is -0.466 e. The zero-order valence-corrected chi connectivity index (χ0v) is 7.89. The van der Waals surface area contributed by atoms with E-state index in [4.69, 9.17) is 0 Å². The van der Waals surface area contributed by atoms with Crippen molar-refractivity contribution in [2.45, 2.75) is 13.3 Å². The SMILES string of the molecule is COC(=O)C1=C(C)CN(C)CC1. The first kappa shape index (κ1) is 9.26. The number of hydrogen-bond acceptors (Lipinski definition) is 3. The summed E-state index contributed by atoms with van der Waals surface area (Å²) in [6.07, 6.45) is 0.814.